The number of piperazine rings is 1. The minimum absolute atomic E-state index is 0.00789. The van der Waals surface area contributed by atoms with Crippen molar-refractivity contribution < 1.29 is 19.4 Å². The molecule has 3 aromatic rings. The van der Waals surface area contributed by atoms with Gasteiger partial charge in [0.25, 0.3) is 11.8 Å². The van der Waals surface area contributed by atoms with E-state index < -0.39 is 0 Å². The molecule has 0 radical (unpaired) electrons. The molecule has 164 valence electrons. The monoisotopic (exact) mass is 431 g/mol. The van der Waals surface area contributed by atoms with Crippen molar-refractivity contribution in [2.75, 3.05) is 38.6 Å². The first-order valence-electron chi connectivity index (χ1n) is 10.4. The second-order valence-electron chi connectivity index (χ2n) is 7.57. The van der Waals surface area contributed by atoms with E-state index in [1.807, 2.05) is 17.0 Å². The van der Waals surface area contributed by atoms with E-state index in [1.54, 1.807) is 55.6 Å². The fourth-order valence-corrected chi connectivity index (χ4v) is 3.64. The van der Waals surface area contributed by atoms with E-state index in [0.29, 0.717) is 41.2 Å². The number of carbonyl (C=O) groups is 2. The van der Waals surface area contributed by atoms with Crippen molar-refractivity contribution in [1.29, 1.82) is 0 Å². The van der Waals surface area contributed by atoms with Gasteiger partial charge in [-0.15, -0.1) is 0 Å². The van der Waals surface area contributed by atoms with Gasteiger partial charge < -0.3 is 25.4 Å². The minimum atomic E-state index is -0.335. The molecular weight excluding hydrogens is 406 g/mol. The number of aromatic hydroxyl groups is 1. The van der Waals surface area contributed by atoms with Crippen LogP contribution in [0.1, 0.15) is 20.7 Å². The molecule has 1 aliphatic rings. The van der Waals surface area contributed by atoms with Crippen LogP contribution in [0.25, 0.3) is 11.1 Å². The summed E-state index contributed by atoms with van der Waals surface area (Å²) in [5.74, 6) is 0.358. The molecule has 0 spiro atoms. The highest BCUT2D eigenvalue weighted by Gasteiger charge is 2.18. The summed E-state index contributed by atoms with van der Waals surface area (Å²) in [5, 5.41) is 16.2. The number of hydrogen-bond acceptors (Lipinski definition) is 5. The third-order valence-corrected chi connectivity index (χ3v) is 5.40. The van der Waals surface area contributed by atoms with Crippen LogP contribution in [0.4, 0.5) is 5.69 Å². The molecular formula is C25H25N3O4. The van der Waals surface area contributed by atoms with Gasteiger partial charge in [-0.2, -0.15) is 0 Å². The van der Waals surface area contributed by atoms with Gasteiger partial charge in [0.2, 0.25) is 0 Å². The van der Waals surface area contributed by atoms with Crippen molar-refractivity contribution in [3.8, 4) is 22.6 Å². The highest BCUT2D eigenvalue weighted by atomic mass is 16.5. The van der Waals surface area contributed by atoms with Crippen LogP contribution in [0.5, 0.6) is 11.5 Å². The van der Waals surface area contributed by atoms with Gasteiger partial charge in [0.1, 0.15) is 11.5 Å². The molecule has 1 heterocycles. The van der Waals surface area contributed by atoms with Gasteiger partial charge in [-0.1, -0.05) is 12.1 Å². The number of nitrogens with one attached hydrogen (secondary N) is 2. The first kappa shape index (κ1) is 21.4. The summed E-state index contributed by atoms with van der Waals surface area (Å²) in [4.78, 5) is 27.2. The van der Waals surface area contributed by atoms with E-state index in [2.05, 4.69) is 10.6 Å². The average Bonchev–Trinajstić information content (AvgIpc) is 2.84. The summed E-state index contributed by atoms with van der Waals surface area (Å²) in [6.45, 7) is 2.99. The largest absolute Gasteiger partial charge is 0.508 e. The maximum Gasteiger partial charge on any atom is 0.255 e. The molecule has 0 saturated carbocycles. The number of nitrogens with zero attached hydrogens (tertiary/aromatic N) is 1. The molecule has 3 aromatic carbocycles. The third kappa shape index (κ3) is 4.90. The van der Waals surface area contributed by atoms with Crippen molar-refractivity contribution in [3.05, 3.63) is 77.9 Å². The maximum atomic E-state index is 12.7. The van der Waals surface area contributed by atoms with E-state index in [4.69, 9.17) is 4.74 Å². The van der Waals surface area contributed by atoms with E-state index in [-0.39, 0.29) is 17.6 Å². The van der Waals surface area contributed by atoms with Crippen LogP contribution in [-0.2, 0) is 0 Å². The predicted molar refractivity (Wildman–Crippen MR) is 123 cm³/mol. The summed E-state index contributed by atoms with van der Waals surface area (Å²) >= 11 is 0. The van der Waals surface area contributed by atoms with Gasteiger partial charge in [0.05, 0.1) is 7.11 Å². The maximum absolute atomic E-state index is 12.7. The number of rotatable bonds is 5. The van der Waals surface area contributed by atoms with Crippen LogP contribution in [0.2, 0.25) is 0 Å². The Hall–Kier alpha value is -3.84. The van der Waals surface area contributed by atoms with Gasteiger partial charge in [-0.3, -0.25) is 9.59 Å². The first-order valence-corrected chi connectivity index (χ1v) is 10.4. The van der Waals surface area contributed by atoms with E-state index in [1.165, 1.54) is 6.07 Å². The molecule has 0 atom stereocenters. The Kier molecular flexibility index (Phi) is 6.37. The number of benzene rings is 3. The first-order chi connectivity index (χ1) is 15.5. The number of methoxy groups -OCH3 is 1. The van der Waals surface area contributed by atoms with Crippen molar-refractivity contribution in [2.45, 2.75) is 0 Å². The Morgan fingerprint density at radius 3 is 2.25 bits per heavy atom. The fraction of sp³-hybridized carbons (Fsp3) is 0.200. The molecule has 1 fully saturated rings. The zero-order valence-electron chi connectivity index (χ0n) is 17.8. The summed E-state index contributed by atoms with van der Waals surface area (Å²) in [7, 11) is 1.58. The average molecular weight is 431 g/mol. The number of amides is 2. The molecule has 1 saturated heterocycles. The molecule has 7 nitrogen and oxygen atoms in total. The second kappa shape index (κ2) is 9.53. The normalized spacial score (nSPS) is 13.5. The molecule has 0 aromatic heterocycles. The number of ether oxygens (including phenoxy) is 1. The van der Waals surface area contributed by atoms with E-state index >= 15 is 0 Å². The Morgan fingerprint density at radius 2 is 1.59 bits per heavy atom. The molecule has 0 bridgehead atoms. The van der Waals surface area contributed by atoms with E-state index in [9.17, 15) is 14.7 Å². The number of phenols is 1. The van der Waals surface area contributed by atoms with Crippen LogP contribution in [0, 0.1) is 0 Å². The van der Waals surface area contributed by atoms with Crippen molar-refractivity contribution >= 4 is 17.5 Å². The van der Waals surface area contributed by atoms with Crippen LogP contribution in [0.15, 0.2) is 66.7 Å². The number of hydrogen-bond donors (Lipinski definition) is 3. The summed E-state index contributed by atoms with van der Waals surface area (Å²) in [5.41, 5.74) is 3.06. The number of anilines is 1. The van der Waals surface area contributed by atoms with Crippen LogP contribution in [-0.4, -0.2) is 55.1 Å². The lowest BCUT2D eigenvalue weighted by molar-refractivity contribution is 0.0735. The lowest BCUT2D eigenvalue weighted by Crippen LogP contribution is -2.46. The third-order valence-electron chi connectivity index (χ3n) is 5.40. The molecule has 3 N–H and O–H groups in total. The fourth-order valence-electron chi connectivity index (χ4n) is 3.64. The minimum Gasteiger partial charge on any atom is -0.508 e. The number of carbonyl (C=O) groups excluding carboxylic acids is 2. The van der Waals surface area contributed by atoms with Gasteiger partial charge >= 0.3 is 0 Å². The summed E-state index contributed by atoms with van der Waals surface area (Å²) in [6, 6.07) is 18.9. The van der Waals surface area contributed by atoms with Crippen molar-refractivity contribution in [1.82, 2.24) is 10.2 Å². The predicted octanol–water partition coefficient (Wildman–Crippen LogP) is 3.37. The lowest BCUT2D eigenvalue weighted by atomic mass is 10.0. The van der Waals surface area contributed by atoms with Crippen LogP contribution in [0.3, 0.4) is 0 Å². The standard InChI is InChI=1S/C25H25N3O4/c1-32-23-8-6-21(7-9-23)27-24(30)20-14-19(15-22(29)16-20)17-2-4-18(5-3-17)25(31)28-12-10-26-11-13-28/h2-9,14-16,26,29H,10-13H2,1H3,(H,27,30). The van der Waals surface area contributed by atoms with Gasteiger partial charge in [0, 0.05) is 43.0 Å². The van der Waals surface area contributed by atoms with Gasteiger partial charge in [-0.25, -0.2) is 0 Å². The topological polar surface area (TPSA) is 90.9 Å². The highest BCUT2D eigenvalue weighted by Crippen LogP contribution is 2.27. The molecule has 1 aliphatic heterocycles. The molecule has 32 heavy (non-hydrogen) atoms. The van der Waals surface area contributed by atoms with Crippen molar-refractivity contribution in [2.24, 2.45) is 0 Å². The summed E-state index contributed by atoms with van der Waals surface area (Å²) in [6.07, 6.45) is 0. The summed E-state index contributed by atoms with van der Waals surface area (Å²) < 4.78 is 5.12. The molecule has 0 unspecified atom stereocenters. The van der Waals surface area contributed by atoms with Crippen LogP contribution >= 0.6 is 0 Å². The second-order valence-corrected chi connectivity index (χ2v) is 7.57. The zero-order valence-corrected chi connectivity index (χ0v) is 17.8. The Labute approximate surface area is 186 Å². The zero-order chi connectivity index (χ0) is 22.5. The van der Waals surface area contributed by atoms with Crippen molar-refractivity contribution in [3.63, 3.8) is 0 Å². The molecule has 0 aliphatic carbocycles. The van der Waals surface area contributed by atoms with Gasteiger partial charge in [0.15, 0.2) is 0 Å². The smallest absolute Gasteiger partial charge is 0.255 e. The van der Waals surface area contributed by atoms with Gasteiger partial charge in [-0.05, 0) is 65.7 Å². The highest BCUT2D eigenvalue weighted by molar-refractivity contribution is 6.05. The number of phenolic OH excluding ortho intramolecular Hbond substituents is 1. The molecule has 2 amide bonds. The lowest BCUT2D eigenvalue weighted by Gasteiger charge is -2.27. The van der Waals surface area contributed by atoms with Crippen LogP contribution < -0.4 is 15.4 Å². The Balaban J connectivity index is 1.51. The van der Waals surface area contributed by atoms with E-state index in [0.717, 1.165) is 18.7 Å². The Bertz CT molecular complexity index is 1110. The SMILES string of the molecule is COc1ccc(NC(=O)c2cc(O)cc(-c3ccc(C(=O)N4CCNCC4)cc3)c2)cc1. The quantitative estimate of drug-likeness (QED) is 0.576. The Morgan fingerprint density at radius 1 is 0.906 bits per heavy atom. The molecule has 4 rings (SSSR count). The molecule has 7 heteroatoms.